The minimum atomic E-state index is -0.276. The van der Waals surface area contributed by atoms with Crippen LogP contribution in [0.25, 0.3) is 0 Å². The molecule has 2 rings (SSSR count). The number of hydrogen-bond acceptors (Lipinski definition) is 3. The number of rotatable bonds is 2. The van der Waals surface area contributed by atoms with Crippen molar-refractivity contribution in [3.63, 3.8) is 0 Å². The SMILES string of the molecule is COc1ccc(C2C(N)CC(=O)N2C(C)(C)C)cc1Cl. The van der Waals surface area contributed by atoms with Gasteiger partial charge in [-0.1, -0.05) is 17.7 Å². The molecular weight excluding hydrogens is 276 g/mol. The van der Waals surface area contributed by atoms with Gasteiger partial charge in [-0.25, -0.2) is 0 Å². The van der Waals surface area contributed by atoms with E-state index in [0.29, 0.717) is 17.2 Å². The summed E-state index contributed by atoms with van der Waals surface area (Å²) in [4.78, 5) is 14.1. The Kier molecular flexibility index (Phi) is 3.98. The van der Waals surface area contributed by atoms with Gasteiger partial charge in [0.25, 0.3) is 0 Å². The van der Waals surface area contributed by atoms with Crippen LogP contribution < -0.4 is 10.5 Å². The highest BCUT2D eigenvalue weighted by molar-refractivity contribution is 6.32. The summed E-state index contributed by atoms with van der Waals surface area (Å²) in [5.74, 6) is 0.706. The molecule has 0 bridgehead atoms. The van der Waals surface area contributed by atoms with Crippen LogP contribution in [0.1, 0.15) is 38.8 Å². The lowest BCUT2D eigenvalue weighted by Crippen LogP contribution is -2.45. The van der Waals surface area contributed by atoms with Gasteiger partial charge in [-0.15, -0.1) is 0 Å². The molecule has 5 heteroatoms. The topological polar surface area (TPSA) is 55.6 Å². The molecule has 1 amide bonds. The zero-order valence-corrected chi connectivity index (χ0v) is 13.1. The van der Waals surface area contributed by atoms with E-state index in [2.05, 4.69) is 0 Å². The molecule has 0 aliphatic carbocycles. The Hall–Kier alpha value is -1.26. The van der Waals surface area contributed by atoms with Crippen LogP contribution in [0.2, 0.25) is 5.02 Å². The minimum absolute atomic E-state index is 0.0851. The first-order chi connectivity index (χ1) is 9.25. The molecule has 1 aromatic carbocycles. The number of amides is 1. The second kappa shape index (κ2) is 5.26. The fourth-order valence-corrected chi connectivity index (χ4v) is 3.08. The zero-order valence-electron chi connectivity index (χ0n) is 12.3. The fourth-order valence-electron chi connectivity index (χ4n) is 2.81. The molecular formula is C15H21ClN2O2. The van der Waals surface area contributed by atoms with Gasteiger partial charge in [-0.3, -0.25) is 4.79 Å². The highest BCUT2D eigenvalue weighted by Crippen LogP contribution is 2.39. The summed E-state index contributed by atoms with van der Waals surface area (Å²) in [6.45, 7) is 6.04. The van der Waals surface area contributed by atoms with Crippen molar-refractivity contribution in [3.8, 4) is 5.75 Å². The molecule has 1 aliphatic heterocycles. The number of nitrogens with two attached hydrogens (primary N) is 1. The van der Waals surface area contributed by atoms with Crippen molar-refractivity contribution in [2.75, 3.05) is 7.11 Å². The number of benzene rings is 1. The van der Waals surface area contributed by atoms with Crippen LogP contribution in [-0.4, -0.2) is 29.5 Å². The van der Waals surface area contributed by atoms with E-state index in [9.17, 15) is 4.79 Å². The summed E-state index contributed by atoms with van der Waals surface area (Å²) in [6, 6.07) is 5.21. The van der Waals surface area contributed by atoms with Gasteiger partial charge in [0.1, 0.15) is 5.75 Å². The molecule has 1 fully saturated rings. The van der Waals surface area contributed by atoms with Gasteiger partial charge in [0.2, 0.25) is 5.91 Å². The standard InChI is InChI=1S/C15H21ClN2O2/c1-15(2,3)18-13(19)8-11(17)14(18)9-5-6-12(20-4)10(16)7-9/h5-7,11,14H,8,17H2,1-4H3. The molecule has 4 nitrogen and oxygen atoms in total. The van der Waals surface area contributed by atoms with Crippen LogP contribution in [0, 0.1) is 0 Å². The van der Waals surface area contributed by atoms with E-state index < -0.39 is 0 Å². The van der Waals surface area contributed by atoms with Crippen molar-refractivity contribution in [2.24, 2.45) is 5.73 Å². The quantitative estimate of drug-likeness (QED) is 0.913. The van der Waals surface area contributed by atoms with Gasteiger partial charge in [-0.05, 0) is 38.5 Å². The predicted octanol–water partition coefficient (Wildman–Crippen LogP) is 2.75. The first kappa shape index (κ1) is 15.1. The van der Waals surface area contributed by atoms with Crippen LogP contribution in [-0.2, 0) is 4.79 Å². The first-order valence-corrected chi connectivity index (χ1v) is 7.04. The summed E-state index contributed by atoms with van der Waals surface area (Å²) in [5, 5.41) is 0.533. The molecule has 2 N–H and O–H groups in total. The molecule has 2 unspecified atom stereocenters. The maximum atomic E-state index is 12.2. The van der Waals surface area contributed by atoms with Gasteiger partial charge in [-0.2, -0.15) is 0 Å². The number of carbonyl (C=O) groups is 1. The average molecular weight is 297 g/mol. The number of carbonyl (C=O) groups excluding carboxylic acids is 1. The minimum Gasteiger partial charge on any atom is -0.495 e. The van der Waals surface area contributed by atoms with Crippen molar-refractivity contribution in [1.29, 1.82) is 0 Å². The van der Waals surface area contributed by atoms with E-state index in [1.165, 1.54) is 0 Å². The van der Waals surface area contributed by atoms with Crippen LogP contribution in [0.5, 0.6) is 5.75 Å². The maximum Gasteiger partial charge on any atom is 0.225 e. The van der Waals surface area contributed by atoms with Gasteiger partial charge in [0, 0.05) is 18.0 Å². The first-order valence-electron chi connectivity index (χ1n) is 6.67. The van der Waals surface area contributed by atoms with E-state index in [1.807, 2.05) is 43.9 Å². The third-order valence-corrected chi connectivity index (χ3v) is 3.90. The Bertz CT molecular complexity index is 525. The van der Waals surface area contributed by atoms with Crippen molar-refractivity contribution >= 4 is 17.5 Å². The van der Waals surface area contributed by atoms with E-state index in [1.54, 1.807) is 7.11 Å². The Morgan fingerprint density at radius 3 is 2.55 bits per heavy atom. The smallest absolute Gasteiger partial charge is 0.225 e. The lowest BCUT2D eigenvalue weighted by Gasteiger charge is -2.38. The third-order valence-electron chi connectivity index (χ3n) is 3.60. The normalized spacial score (nSPS) is 23.3. The summed E-state index contributed by atoms with van der Waals surface area (Å²) >= 11 is 6.18. The summed E-state index contributed by atoms with van der Waals surface area (Å²) in [5.41, 5.74) is 6.84. The van der Waals surface area contributed by atoms with Crippen molar-refractivity contribution in [2.45, 2.75) is 44.8 Å². The molecule has 0 saturated carbocycles. The Balaban J connectivity index is 2.43. The van der Waals surface area contributed by atoms with Crippen molar-refractivity contribution < 1.29 is 9.53 Å². The van der Waals surface area contributed by atoms with E-state index in [-0.39, 0.29) is 23.5 Å². The summed E-state index contributed by atoms with van der Waals surface area (Å²) in [6.07, 6.45) is 0.367. The molecule has 20 heavy (non-hydrogen) atoms. The van der Waals surface area contributed by atoms with E-state index in [0.717, 1.165) is 5.56 Å². The van der Waals surface area contributed by atoms with Crippen LogP contribution in [0.15, 0.2) is 18.2 Å². The lowest BCUT2D eigenvalue weighted by molar-refractivity contribution is -0.133. The van der Waals surface area contributed by atoms with Crippen LogP contribution >= 0.6 is 11.6 Å². The molecule has 0 aromatic heterocycles. The molecule has 0 radical (unpaired) electrons. The predicted molar refractivity (Wildman–Crippen MR) is 79.9 cm³/mol. The molecule has 1 heterocycles. The van der Waals surface area contributed by atoms with E-state index in [4.69, 9.17) is 22.1 Å². The number of nitrogens with zero attached hydrogens (tertiary/aromatic N) is 1. The molecule has 0 spiro atoms. The van der Waals surface area contributed by atoms with Gasteiger partial charge in [0.05, 0.1) is 18.2 Å². The fraction of sp³-hybridized carbons (Fsp3) is 0.533. The molecule has 110 valence electrons. The van der Waals surface area contributed by atoms with Crippen molar-refractivity contribution in [1.82, 2.24) is 4.90 Å². The number of methoxy groups -OCH3 is 1. The second-order valence-corrected chi connectivity index (χ2v) is 6.55. The van der Waals surface area contributed by atoms with Crippen molar-refractivity contribution in [3.05, 3.63) is 28.8 Å². The lowest BCUT2D eigenvalue weighted by atomic mass is 9.97. The Morgan fingerprint density at radius 2 is 2.05 bits per heavy atom. The third kappa shape index (κ3) is 2.63. The summed E-state index contributed by atoms with van der Waals surface area (Å²) < 4.78 is 5.16. The number of hydrogen-bond donors (Lipinski definition) is 1. The van der Waals surface area contributed by atoms with Crippen LogP contribution in [0.4, 0.5) is 0 Å². The zero-order chi connectivity index (χ0) is 15.1. The largest absolute Gasteiger partial charge is 0.495 e. The number of halogens is 1. The highest BCUT2D eigenvalue weighted by atomic mass is 35.5. The summed E-state index contributed by atoms with van der Waals surface area (Å²) in [7, 11) is 1.58. The van der Waals surface area contributed by atoms with Gasteiger partial charge in [0.15, 0.2) is 0 Å². The second-order valence-electron chi connectivity index (χ2n) is 6.14. The number of likely N-dealkylation sites (tertiary alicyclic amines) is 1. The van der Waals surface area contributed by atoms with Crippen LogP contribution in [0.3, 0.4) is 0 Å². The number of ether oxygens (including phenoxy) is 1. The maximum absolute atomic E-state index is 12.2. The van der Waals surface area contributed by atoms with E-state index >= 15 is 0 Å². The monoisotopic (exact) mass is 296 g/mol. The molecule has 1 saturated heterocycles. The molecule has 2 atom stereocenters. The highest BCUT2D eigenvalue weighted by Gasteiger charge is 2.43. The van der Waals surface area contributed by atoms with Gasteiger partial charge >= 0.3 is 0 Å². The molecule has 1 aliphatic rings. The average Bonchev–Trinajstić information content (AvgIpc) is 2.63. The van der Waals surface area contributed by atoms with Gasteiger partial charge < -0.3 is 15.4 Å². The molecule has 1 aromatic rings. The Morgan fingerprint density at radius 1 is 1.40 bits per heavy atom. The Labute approximate surface area is 124 Å².